The van der Waals surface area contributed by atoms with E-state index < -0.39 is 6.04 Å². The molecule has 0 saturated heterocycles. The van der Waals surface area contributed by atoms with Gasteiger partial charge in [0.25, 0.3) is 0 Å². The Kier molecular flexibility index (Phi) is 5.63. The van der Waals surface area contributed by atoms with E-state index in [-0.39, 0.29) is 22.8 Å². The van der Waals surface area contributed by atoms with Crippen LogP contribution in [-0.2, 0) is 9.59 Å². The highest BCUT2D eigenvalue weighted by molar-refractivity contribution is 6.44. The van der Waals surface area contributed by atoms with E-state index in [1.54, 1.807) is 18.2 Å². The van der Waals surface area contributed by atoms with Crippen LogP contribution in [0.4, 0.5) is 5.69 Å². The van der Waals surface area contributed by atoms with Gasteiger partial charge < -0.3 is 10.6 Å². The molecule has 0 bridgehead atoms. The molecule has 1 atom stereocenters. The summed E-state index contributed by atoms with van der Waals surface area (Å²) in [5.74, 6) is -0.623. The predicted octanol–water partition coefficient (Wildman–Crippen LogP) is 3.09. The maximum Gasteiger partial charge on any atom is 0.247 e. The lowest BCUT2D eigenvalue weighted by Crippen LogP contribution is -2.46. The average molecular weight is 303 g/mol. The van der Waals surface area contributed by atoms with Gasteiger partial charge in [-0.25, -0.2) is 0 Å². The van der Waals surface area contributed by atoms with Gasteiger partial charge in [-0.15, -0.1) is 0 Å². The molecule has 0 saturated carbocycles. The van der Waals surface area contributed by atoms with Crippen molar-refractivity contribution in [2.24, 2.45) is 5.92 Å². The molecule has 1 aromatic carbocycles. The zero-order chi connectivity index (χ0) is 14.6. The van der Waals surface area contributed by atoms with Crippen molar-refractivity contribution >= 4 is 40.7 Å². The highest BCUT2D eigenvalue weighted by Gasteiger charge is 2.23. The van der Waals surface area contributed by atoms with Crippen LogP contribution in [0.1, 0.15) is 20.8 Å². The third-order valence-electron chi connectivity index (χ3n) is 2.52. The van der Waals surface area contributed by atoms with Gasteiger partial charge in [-0.05, 0) is 18.1 Å². The van der Waals surface area contributed by atoms with Crippen molar-refractivity contribution in [3.05, 3.63) is 28.2 Å². The Morgan fingerprint density at radius 2 is 1.84 bits per heavy atom. The lowest BCUT2D eigenvalue weighted by molar-refractivity contribution is -0.126. The zero-order valence-electron chi connectivity index (χ0n) is 11.0. The van der Waals surface area contributed by atoms with Crippen molar-refractivity contribution in [1.82, 2.24) is 5.32 Å². The molecule has 6 heteroatoms. The minimum Gasteiger partial charge on any atom is -0.344 e. The largest absolute Gasteiger partial charge is 0.344 e. The molecule has 0 aliphatic carbocycles. The van der Waals surface area contributed by atoms with Crippen molar-refractivity contribution in [3.8, 4) is 0 Å². The summed E-state index contributed by atoms with van der Waals surface area (Å²) in [5, 5.41) is 5.92. The summed E-state index contributed by atoms with van der Waals surface area (Å²) in [4.78, 5) is 23.2. The van der Waals surface area contributed by atoms with Crippen LogP contribution in [-0.4, -0.2) is 17.9 Å². The molecule has 0 fully saturated rings. The van der Waals surface area contributed by atoms with Crippen molar-refractivity contribution in [1.29, 1.82) is 0 Å². The molecule has 2 N–H and O–H groups in total. The smallest absolute Gasteiger partial charge is 0.247 e. The second-order valence-corrected chi connectivity index (χ2v) is 5.30. The van der Waals surface area contributed by atoms with Gasteiger partial charge in [0.05, 0.1) is 15.7 Å². The topological polar surface area (TPSA) is 58.2 Å². The van der Waals surface area contributed by atoms with E-state index >= 15 is 0 Å². The molecule has 1 aromatic rings. The lowest BCUT2D eigenvalue weighted by atomic mass is 10.0. The Hall–Kier alpha value is -1.26. The Morgan fingerprint density at radius 3 is 2.37 bits per heavy atom. The van der Waals surface area contributed by atoms with Crippen molar-refractivity contribution in [2.75, 3.05) is 5.32 Å². The molecule has 0 aliphatic heterocycles. The number of benzene rings is 1. The van der Waals surface area contributed by atoms with Crippen molar-refractivity contribution in [3.63, 3.8) is 0 Å². The number of anilines is 1. The maximum absolute atomic E-state index is 12.1. The van der Waals surface area contributed by atoms with Crippen LogP contribution in [0.25, 0.3) is 0 Å². The second kappa shape index (κ2) is 6.78. The summed E-state index contributed by atoms with van der Waals surface area (Å²) in [6.07, 6.45) is 0. The molecule has 1 rings (SSSR count). The summed E-state index contributed by atoms with van der Waals surface area (Å²) in [5.41, 5.74) is 0.426. The number of halogens is 2. The Morgan fingerprint density at radius 1 is 1.21 bits per heavy atom. The normalized spacial score (nSPS) is 12.1. The van der Waals surface area contributed by atoms with Crippen LogP contribution in [0.15, 0.2) is 18.2 Å². The van der Waals surface area contributed by atoms with Crippen LogP contribution < -0.4 is 10.6 Å². The Balaban J connectivity index is 2.87. The minimum absolute atomic E-state index is 0.0399. The molecule has 0 aromatic heterocycles. The lowest BCUT2D eigenvalue weighted by Gasteiger charge is -2.21. The van der Waals surface area contributed by atoms with Crippen LogP contribution in [0.5, 0.6) is 0 Å². The van der Waals surface area contributed by atoms with Gasteiger partial charge in [0.15, 0.2) is 0 Å². The third kappa shape index (κ3) is 4.40. The predicted molar refractivity (Wildman–Crippen MR) is 77.5 cm³/mol. The van der Waals surface area contributed by atoms with E-state index in [1.807, 2.05) is 13.8 Å². The van der Waals surface area contributed by atoms with Crippen LogP contribution in [0.3, 0.4) is 0 Å². The van der Waals surface area contributed by atoms with E-state index in [0.29, 0.717) is 10.7 Å². The Labute approximate surface area is 122 Å². The monoisotopic (exact) mass is 302 g/mol. The fourth-order valence-corrected chi connectivity index (χ4v) is 1.91. The first kappa shape index (κ1) is 15.8. The van der Waals surface area contributed by atoms with Gasteiger partial charge in [-0.2, -0.15) is 0 Å². The first-order chi connectivity index (χ1) is 8.82. The average Bonchev–Trinajstić information content (AvgIpc) is 2.31. The summed E-state index contributed by atoms with van der Waals surface area (Å²) >= 11 is 11.9. The fraction of sp³-hybridized carbons (Fsp3) is 0.385. The van der Waals surface area contributed by atoms with Gasteiger partial charge in [-0.1, -0.05) is 43.1 Å². The fourth-order valence-electron chi connectivity index (χ4n) is 1.56. The molecule has 1 unspecified atom stereocenters. The van der Waals surface area contributed by atoms with Gasteiger partial charge in [0, 0.05) is 6.92 Å². The minimum atomic E-state index is -0.618. The summed E-state index contributed by atoms with van der Waals surface area (Å²) in [7, 11) is 0. The first-order valence-electron chi connectivity index (χ1n) is 5.85. The summed E-state index contributed by atoms with van der Waals surface area (Å²) < 4.78 is 0. The van der Waals surface area contributed by atoms with E-state index in [4.69, 9.17) is 23.2 Å². The number of nitrogens with one attached hydrogen (secondary N) is 2. The first-order valence-corrected chi connectivity index (χ1v) is 6.60. The maximum atomic E-state index is 12.1. The van der Waals surface area contributed by atoms with Crippen LogP contribution >= 0.6 is 23.2 Å². The SMILES string of the molecule is CC(=O)NC(C(=O)Nc1cccc(Cl)c1Cl)C(C)C. The molecule has 2 amide bonds. The Bertz CT molecular complexity index is 490. The molecule has 0 radical (unpaired) electrons. The van der Waals surface area contributed by atoms with E-state index in [9.17, 15) is 9.59 Å². The standard InChI is InChI=1S/C13H16Cl2N2O2/c1-7(2)12(16-8(3)18)13(19)17-10-6-4-5-9(14)11(10)15/h4-7,12H,1-3H3,(H,16,18)(H,17,19). The van der Waals surface area contributed by atoms with E-state index in [2.05, 4.69) is 10.6 Å². The number of carbonyl (C=O) groups is 2. The van der Waals surface area contributed by atoms with E-state index in [1.165, 1.54) is 6.92 Å². The number of hydrogen-bond donors (Lipinski definition) is 2. The van der Waals surface area contributed by atoms with Gasteiger partial charge >= 0.3 is 0 Å². The number of amides is 2. The van der Waals surface area contributed by atoms with Crippen LogP contribution in [0.2, 0.25) is 10.0 Å². The molecule has 104 valence electrons. The highest BCUT2D eigenvalue weighted by atomic mass is 35.5. The third-order valence-corrected chi connectivity index (χ3v) is 3.34. The molecular weight excluding hydrogens is 287 g/mol. The molecular formula is C13H16Cl2N2O2. The number of rotatable bonds is 4. The van der Waals surface area contributed by atoms with Gasteiger partial charge in [0.1, 0.15) is 6.04 Å². The zero-order valence-corrected chi connectivity index (χ0v) is 12.5. The molecule has 0 heterocycles. The van der Waals surface area contributed by atoms with E-state index in [0.717, 1.165) is 0 Å². The molecule has 19 heavy (non-hydrogen) atoms. The van der Waals surface area contributed by atoms with Gasteiger partial charge in [0.2, 0.25) is 11.8 Å². The number of hydrogen-bond acceptors (Lipinski definition) is 2. The van der Waals surface area contributed by atoms with Crippen molar-refractivity contribution in [2.45, 2.75) is 26.8 Å². The number of carbonyl (C=O) groups excluding carboxylic acids is 2. The second-order valence-electron chi connectivity index (χ2n) is 4.51. The summed E-state index contributed by atoms with van der Waals surface area (Å²) in [6.45, 7) is 5.06. The molecule has 4 nitrogen and oxygen atoms in total. The molecule has 0 spiro atoms. The van der Waals surface area contributed by atoms with Gasteiger partial charge in [-0.3, -0.25) is 9.59 Å². The molecule has 0 aliphatic rings. The van der Waals surface area contributed by atoms with Crippen molar-refractivity contribution < 1.29 is 9.59 Å². The van der Waals surface area contributed by atoms with Crippen LogP contribution in [0, 0.1) is 5.92 Å². The summed E-state index contributed by atoms with van der Waals surface area (Å²) in [6, 6.07) is 4.35. The quantitative estimate of drug-likeness (QED) is 0.898. The highest BCUT2D eigenvalue weighted by Crippen LogP contribution is 2.29.